The summed E-state index contributed by atoms with van der Waals surface area (Å²) in [5, 5.41) is 18.3. The van der Waals surface area contributed by atoms with E-state index in [9.17, 15) is 9.59 Å². The first kappa shape index (κ1) is 13.4. The molecule has 1 aromatic heterocycles. The topological polar surface area (TPSA) is 96.2 Å². The summed E-state index contributed by atoms with van der Waals surface area (Å²) in [6.45, 7) is 0. The van der Waals surface area contributed by atoms with Crippen LogP contribution in [0.5, 0.6) is 0 Å². The van der Waals surface area contributed by atoms with Crippen LogP contribution in [0.25, 0.3) is 0 Å². The zero-order valence-electron chi connectivity index (χ0n) is 10.8. The normalized spacial score (nSPS) is 17.1. The van der Waals surface area contributed by atoms with Crippen molar-refractivity contribution in [1.29, 1.82) is 0 Å². The lowest BCUT2D eigenvalue weighted by atomic mass is 10.1. The first-order chi connectivity index (χ1) is 9.06. The van der Waals surface area contributed by atoms with Crippen LogP contribution < -0.4 is 10.6 Å². The lowest BCUT2D eigenvalue weighted by molar-refractivity contribution is -0.139. The summed E-state index contributed by atoms with van der Waals surface area (Å²) in [7, 11) is 1.70. The minimum Gasteiger partial charge on any atom is -0.479 e. The van der Waals surface area contributed by atoms with Crippen LogP contribution >= 0.6 is 0 Å². The van der Waals surface area contributed by atoms with Crippen molar-refractivity contribution >= 4 is 12.0 Å². The number of nitrogens with zero attached hydrogens (tertiary/aromatic N) is 2. The molecule has 7 nitrogen and oxygen atoms in total. The third-order valence-corrected chi connectivity index (χ3v) is 3.27. The maximum Gasteiger partial charge on any atom is 0.331 e. The van der Waals surface area contributed by atoms with E-state index in [0.717, 1.165) is 25.7 Å². The van der Waals surface area contributed by atoms with Crippen molar-refractivity contribution in [1.82, 2.24) is 20.4 Å². The highest BCUT2D eigenvalue weighted by atomic mass is 16.4. The van der Waals surface area contributed by atoms with E-state index in [1.54, 1.807) is 13.2 Å². The number of rotatable bonds is 4. The van der Waals surface area contributed by atoms with Crippen molar-refractivity contribution in [3.8, 4) is 0 Å². The smallest absolute Gasteiger partial charge is 0.331 e. The summed E-state index contributed by atoms with van der Waals surface area (Å²) >= 11 is 0. The van der Waals surface area contributed by atoms with Crippen LogP contribution in [0.2, 0.25) is 0 Å². The van der Waals surface area contributed by atoms with Crippen molar-refractivity contribution in [2.75, 3.05) is 0 Å². The van der Waals surface area contributed by atoms with E-state index >= 15 is 0 Å². The Morgan fingerprint density at radius 3 is 2.68 bits per heavy atom. The Morgan fingerprint density at radius 1 is 1.47 bits per heavy atom. The van der Waals surface area contributed by atoms with Crippen LogP contribution in [0.4, 0.5) is 4.79 Å². The number of nitrogens with one attached hydrogen (secondary N) is 2. The number of hydrogen-bond donors (Lipinski definition) is 3. The van der Waals surface area contributed by atoms with E-state index < -0.39 is 18.0 Å². The van der Waals surface area contributed by atoms with Gasteiger partial charge in [-0.05, 0) is 12.8 Å². The zero-order valence-corrected chi connectivity index (χ0v) is 10.8. The molecule has 0 aromatic carbocycles. The monoisotopic (exact) mass is 266 g/mol. The molecular formula is C12H18N4O3. The van der Waals surface area contributed by atoms with Crippen LogP contribution in [0, 0.1) is 0 Å². The number of carbonyl (C=O) groups excluding carboxylic acids is 1. The van der Waals surface area contributed by atoms with Gasteiger partial charge in [-0.25, -0.2) is 9.59 Å². The Kier molecular flexibility index (Phi) is 4.03. The van der Waals surface area contributed by atoms with E-state index in [1.165, 1.54) is 10.9 Å². The van der Waals surface area contributed by atoms with Crippen LogP contribution in [0.3, 0.4) is 0 Å². The van der Waals surface area contributed by atoms with E-state index in [1.807, 2.05) is 0 Å². The van der Waals surface area contributed by atoms with E-state index in [0.29, 0.717) is 5.56 Å². The Bertz CT molecular complexity index is 465. The number of urea groups is 1. The minimum absolute atomic E-state index is 0.156. The Hall–Kier alpha value is -2.05. The van der Waals surface area contributed by atoms with Gasteiger partial charge in [0.1, 0.15) is 0 Å². The molecule has 1 saturated carbocycles. The quantitative estimate of drug-likeness (QED) is 0.750. The molecular weight excluding hydrogens is 248 g/mol. The summed E-state index contributed by atoms with van der Waals surface area (Å²) in [5.74, 6) is -1.10. The standard InChI is InChI=1S/C12H18N4O3/c1-16-7-8(6-13-16)10(11(17)18)15-12(19)14-9-4-2-3-5-9/h6-7,9-10H,2-5H2,1H3,(H,17,18)(H2,14,15,19). The van der Waals surface area contributed by atoms with Gasteiger partial charge in [0.2, 0.25) is 0 Å². The SMILES string of the molecule is Cn1cc(C(NC(=O)NC2CCCC2)C(=O)O)cn1. The average molecular weight is 266 g/mol. The molecule has 1 aliphatic carbocycles. The molecule has 3 N–H and O–H groups in total. The molecule has 1 heterocycles. The number of aliphatic carboxylic acids is 1. The largest absolute Gasteiger partial charge is 0.479 e. The van der Waals surface area contributed by atoms with Crippen LogP contribution in [-0.4, -0.2) is 32.9 Å². The molecule has 0 saturated heterocycles. The van der Waals surface area contributed by atoms with Gasteiger partial charge in [-0.15, -0.1) is 0 Å². The second kappa shape index (κ2) is 5.73. The second-order valence-corrected chi connectivity index (χ2v) is 4.82. The molecule has 0 bridgehead atoms. The van der Waals surface area contributed by atoms with Crippen molar-refractivity contribution in [2.45, 2.75) is 37.8 Å². The highest BCUT2D eigenvalue weighted by Crippen LogP contribution is 2.18. The van der Waals surface area contributed by atoms with Gasteiger partial charge in [-0.1, -0.05) is 12.8 Å². The fourth-order valence-corrected chi connectivity index (χ4v) is 2.31. The first-order valence-corrected chi connectivity index (χ1v) is 6.34. The van der Waals surface area contributed by atoms with Gasteiger partial charge in [0.05, 0.1) is 6.20 Å². The molecule has 1 aliphatic rings. The van der Waals surface area contributed by atoms with Crippen molar-refractivity contribution < 1.29 is 14.7 Å². The molecule has 0 radical (unpaired) electrons. The number of aromatic nitrogens is 2. The molecule has 104 valence electrons. The number of amides is 2. The predicted octanol–water partition coefficient (Wildman–Crippen LogP) is 0.788. The van der Waals surface area contributed by atoms with Crippen LogP contribution in [-0.2, 0) is 11.8 Å². The van der Waals surface area contributed by atoms with Gasteiger partial charge < -0.3 is 15.7 Å². The van der Waals surface area contributed by atoms with Gasteiger partial charge in [-0.2, -0.15) is 5.10 Å². The highest BCUT2D eigenvalue weighted by Gasteiger charge is 2.25. The van der Waals surface area contributed by atoms with Gasteiger partial charge in [0, 0.05) is 24.8 Å². The maximum atomic E-state index is 11.8. The average Bonchev–Trinajstić information content (AvgIpc) is 2.97. The Morgan fingerprint density at radius 2 is 2.16 bits per heavy atom. The number of hydrogen-bond acceptors (Lipinski definition) is 3. The summed E-state index contributed by atoms with van der Waals surface area (Å²) in [6.07, 6.45) is 7.14. The van der Waals surface area contributed by atoms with Crippen molar-refractivity contribution in [3.63, 3.8) is 0 Å². The summed E-state index contributed by atoms with van der Waals surface area (Å²) < 4.78 is 1.50. The fourth-order valence-electron chi connectivity index (χ4n) is 2.31. The predicted molar refractivity (Wildman–Crippen MR) is 67.5 cm³/mol. The van der Waals surface area contributed by atoms with E-state index in [2.05, 4.69) is 15.7 Å². The molecule has 1 unspecified atom stereocenters. The summed E-state index contributed by atoms with van der Waals surface area (Å²) in [5.41, 5.74) is 0.455. The maximum absolute atomic E-state index is 11.8. The molecule has 1 atom stereocenters. The van der Waals surface area contributed by atoms with Crippen LogP contribution in [0.15, 0.2) is 12.4 Å². The molecule has 19 heavy (non-hydrogen) atoms. The Labute approximate surface area is 111 Å². The second-order valence-electron chi connectivity index (χ2n) is 4.82. The first-order valence-electron chi connectivity index (χ1n) is 6.34. The molecule has 0 aliphatic heterocycles. The number of aryl methyl sites for hydroxylation is 1. The number of carboxylic acids is 1. The third kappa shape index (κ3) is 3.46. The molecule has 2 amide bonds. The number of carboxylic acid groups (broad SMARTS) is 1. The lowest BCUT2D eigenvalue weighted by Crippen LogP contribution is -2.44. The van der Waals surface area contributed by atoms with Gasteiger partial charge >= 0.3 is 12.0 Å². The molecule has 1 fully saturated rings. The highest BCUT2D eigenvalue weighted by molar-refractivity contribution is 5.83. The summed E-state index contributed by atoms with van der Waals surface area (Å²) in [4.78, 5) is 23.0. The van der Waals surface area contributed by atoms with Crippen LogP contribution in [0.1, 0.15) is 37.3 Å². The van der Waals surface area contributed by atoms with E-state index in [-0.39, 0.29) is 6.04 Å². The molecule has 1 aromatic rings. The molecule has 2 rings (SSSR count). The van der Waals surface area contributed by atoms with Crippen molar-refractivity contribution in [2.24, 2.45) is 7.05 Å². The molecule has 7 heteroatoms. The zero-order chi connectivity index (χ0) is 13.8. The molecule has 0 spiro atoms. The van der Waals surface area contributed by atoms with E-state index in [4.69, 9.17) is 5.11 Å². The van der Waals surface area contributed by atoms with Gasteiger partial charge in [0.25, 0.3) is 0 Å². The lowest BCUT2D eigenvalue weighted by Gasteiger charge is -2.16. The minimum atomic E-state index is -1.10. The van der Waals surface area contributed by atoms with Gasteiger partial charge in [-0.3, -0.25) is 4.68 Å². The fraction of sp³-hybridized carbons (Fsp3) is 0.583. The van der Waals surface area contributed by atoms with Gasteiger partial charge in [0.15, 0.2) is 6.04 Å². The number of carbonyl (C=O) groups is 2. The summed E-state index contributed by atoms with van der Waals surface area (Å²) in [6, 6.07) is -1.36. The third-order valence-electron chi connectivity index (χ3n) is 3.27. The Balaban J connectivity index is 1.96. The van der Waals surface area contributed by atoms with Crippen molar-refractivity contribution in [3.05, 3.63) is 18.0 Å².